The Morgan fingerprint density at radius 3 is 2.84 bits per heavy atom. The molecular formula is C13H9N5O. The maximum Gasteiger partial charge on any atom is 0.244 e. The molecule has 0 spiro atoms. The van der Waals surface area contributed by atoms with Crippen LogP contribution in [0.15, 0.2) is 36.7 Å². The van der Waals surface area contributed by atoms with Crippen LogP contribution in [0, 0.1) is 22.7 Å². The van der Waals surface area contributed by atoms with Crippen molar-refractivity contribution >= 4 is 11.6 Å². The third kappa shape index (κ3) is 2.76. The number of carbonyl (C=O) groups is 1. The average Bonchev–Trinajstić information content (AvgIpc) is 2.86. The quantitative estimate of drug-likeness (QED) is 0.888. The second kappa shape index (κ2) is 5.48. The van der Waals surface area contributed by atoms with E-state index in [-0.39, 0.29) is 18.3 Å². The van der Waals surface area contributed by atoms with E-state index in [1.165, 1.54) is 10.8 Å². The van der Waals surface area contributed by atoms with Gasteiger partial charge < -0.3 is 9.88 Å². The van der Waals surface area contributed by atoms with Crippen molar-refractivity contribution < 1.29 is 4.79 Å². The third-order valence-corrected chi connectivity index (χ3v) is 2.45. The molecule has 0 radical (unpaired) electrons. The second-order valence-electron chi connectivity index (χ2n) is 3.70. The molecule has 1 aromatic carbocycles. The van der Waals surface area contributed by atoms with E-state index in [4.69, 9.17) is 10.5 Å². The molecule has 1 N–H and O–H groups in total. The molecule has 0 saturated heterocycles. The van der Waals surface area contributed by atoms with Gasteiger partial charge in [-0.05, 0) is 12.1 Å². The Bertz CT molecular complexity index is 690. The molecule has 1 aromatic heterocycles. The average molecular weight is 251 g/mol. The number of hydrogen-bond donors (Lipinski definition) is 1. The molecule has 0 bridgehead atoms. The van der Waals surface area contributed by atoms with E-state index in [1.807, 2.05) is 12.1 Å². The number of anilines is 1. The van der Waals surface area contributed by atoms with Gasteiger partial charge in [0.05, 0.1) is 11.3 Å². The molecule has 0 aliphatic rings. The number of hydrogen-bond acceptors (Lipinski definition) is 4. The summed E-state index contributed by atoms with van der Waals surface area (Å²) in [5.74, 6) is -0.152. The lowest BCUT2D eigenvalue weighted by Crippen LogP contribution is -2.19. The zero-order valence-electron chi connectivity index (χ0n) is 9.87. The normalized spacial score (nSPS) is 9.37. The number of aromatic nitrogens is 2. The zero-order valence-corrected chi connectivity index (χ0v) is 9.87. The highest BCUT2D eigenvalue weighted by Gasteiger charge is 2.09. The van der Waals surface area contributed by atoms with Crippen LogP contribution in [0.5, 0.6) is 0 Å². The van der Waals surface area contributed by atoms with Gasteiger partial charge >= 0.3 is 0 Å². The van der Waals surface area contributed by atoms with Crippen LogP contribution in [0.2, 0.25) is 0 Å². The molecule has 6 heteroatoms. The summed E-state index contributed by atoms with van der Waals surface area (Å²) in [6.45, 7) is -0.0251. The summed E-state index contributed by atoms with van der Waals surface area (Å²) in [5, 5.41) is 20.3. The molecule has 0 unspecified atom stereocenters. The minimum atomic E-state index is -0.322. The van der Waals surface area contributed by atoms with Gasteiger partial charge in [0, 0.05) is 12.4 Å². The van der Waals surface area contributed by atoms with Crippen molar-refractivity contribution in [2.75, 3.05) is 5.32 Å². The Morgan fingerprint density at radius 1 is 1.32 bits per heavy atom. The number of nitrogens with one attached hydrogen (secondary N) is 1. The van der Waals surface area contributed by atoms with Crippen LogP contribution in [-0.4, -0.2) is 15.5 Å². The molecule has 2 aromatic rings. The number of benzene rings is 1. The van der Waals surface area contributed by atoms with Gasteiger partial charge in [-0.3, -0.25) is 4.79 Å². The summed E-state index contributed by atoms with van der Waals surface area (Å²) in [7, 11) is 0. The van der Waals surface area contributed by atoms with Gasteiger partial charge in [0.2, 0.25) is 11.7 Å². The lowest BCUT2D eigenvalue weighted by atomic mass is 10.2. The molecule has 2 rings (SSSR count). The third-order valence-electron chi connectivity index (χ3n) is 2.45. The number of para-hydroxylation sites is 1. The van der Waals surface area contributed by atoms with E-state index < -0.39 is 0 Å². The van der Waals surface area contributed by atoms with Gasteiger partial charge in [-0.2, -0.15) is 10.5 Å². The number of nitriles is 2. The van der Waals surface area contributed by atoms with Crippen LogP contribution in [0.25, 0.3) is 0 Å². The minimum Gasteiger partial charge on any atom is -0.323 e. The Kier molecular flexibility index (Phi) is 3.56. The Balaban J connectivity index is 2.11. The van der Waals surface area contributed by atoms with Gasteiger partial charge in [0.15, 0.2) is 0 Å². The van der Waals surface area contributed by atoms with Crippen molar-refractivity contribution in [3.8, 4) is 12.1 Å². The fourth-order valence-corrected chi connectivity index (χ4v) is 1.58. The fraction of sp³-hybridized carbons (Fsp3) is 0.0769. The molecule has 1 amide bonds. The zero-order chi connectivity index (χ0) is 13.7. The van der Waals surface area contributed by atoms with E-state index in [2.05, 4.69) is 10.3 Å². The monoisotopic (exact) mass is 251 g/mol. The first-order valence-corrected chi connectivity index (χ1v) is 5.45. The number of rotatable bonds is 3. The summed E-state index contributed by atoms with van der Waals surface area (Å²) in [6, 6.07) is 10.6. The van der Waals surface area contributed by atoms with Crippen molar-refractivity contribution in [1.82, 2.24) is 9.55 Å². The molecular weight excluding hydrogens is 242 g/mol. The van der Waals surface area contributed by atoms with Crippen molar-refractivity contribution in [2.45, 2.75) is 6.54 Å². The van der Waals surface area contributed by atoms with Crippen LogP contribution in [0.4, 0.5) is 5.69 Å². The molecule has 0 aliphatic heterocycles. The van der Waals surface area contributed by atoms with Crippen LogP contribution < -0.4 is 5.32 Å². The van der Waals surface area contributed by atoms with Crippen LogP contribution in [0.1, 0.15) is 11.4 Å². The summed E-state index contributed by atoms with van der Waals surface area (Å²) in [4.78, 5) is 15.6. The highest BCUT2D eigenvalue weighted by atomic mass is 16.1. The second-order valence-corrected chi connectivity index (χ2v) is 3.70. The van der Waals surface area contributed by atoms with E-state index in [0.29, 0.717) is 11.3 Å². The van der Waals surface area contributed by atoms with Crippen LogP contribution >= 0.6 is 0 Å². The molecule has 0 aliphatic carbocycles. The first-order chi connectivity index (χ1) is 9.24. The molecule has 1 heterocycles. The highest BCUT2D eigenvalue weighted by Crippen LogP contribution is 2.13. The standard InChI is InChI=1S/C13H9N5O/c14-7-10-3-1-2-4-11(10)17-13(19)9-18-6-5-16-12(18)8-15/h1-6H,9H2,(H,17,19). The predicted octanol–water partition coefficient (Wildman–Crippen LogP) is 1.27. The topological polar surface area (TPSA) is 94.5 Å². The Hall–Kier alpha value is -3.12. The number of imidazole rings is 1. The maximum absolute atomic E-state index is 11.8. The van der Waals surface area contributed by atoms with Gasteiger partial charge in [-0.1, -0.05) is 12.1 Å². The van der Waals surface area contributed by atoms with Crippen molar-refractivity contribution in [2.24, 2.45) is 0 Å². The van der Waals surface area contributed by atoms with Gasteiger partial charge in [-0.15, -0.1) is 0 Å². The molecule has 19 heavy (non-hydrogen) atoms. The smallest absolute Gasteiger partial charge is 0.244 e. The number of amides is 1. The minimum absolute atomic E-state index is 0.0251. The number of carbonyl (C=O) groups excluding carboxylic acids is 1. The predicted molar refractivity (Wildman–Crippen MR) is 66.7 cm³/mol. The lowest BCUT2D eigenvalue weighted by molar-refractivity contribution is -0.116. The summed E-state index contributed by atoms with van der Waals surface area (Å²) in [5.41, 5.74) is 0.843. The largest absolute Gasteiger partial charge is 0.323 e. The first kappa shape index (κ1) is 12.3. The van der Waals surface area contributed by atoms with Crippen LogP contribution in [-0.2, 0) is 11.3 Å². The molecule has 0 fully saturated rings. The maximum atomic E-state index is 11.8. The highest BCUT2D eigenvalue weighted by molar-refractivity contribution is 5.92. The van der Waals surface area contributed by atoms with E-state index in [0.717, 1.165) is 0 Å². The van der Waals surface area contributed by atoms with E-state index >= 15 is 0 Å². The van der Waals surface area contributed by atoms with Gasteiger partial charge in [-0.25, -0.2) is 4.98 Å². The van der Waals surface area contributed by atoms with Crippen molar-refractivity contribution in [3.05, 3.63) is 48.0 Å². The SMILES string of the molecule is N#Cc1ccccc1NC(=O)Cn1ccnc1C#N. The van der Waals surface area contributed by atoms with Gasteiger partial charge in [0.25, 0.3) is 0 Å². The summed E-state index contributed by atoms with van der Waals surface area (Å²) in [6.07, 6.45) is 3.00. The fourth-order valence-electron chi connectivity index (χ4n) is 1.58. The summed E-state index contributed by atoms with van der Waals surface area (Å²) >= 11 is 0. The van der Waals surface area contributed by atoms with Crippen molar-refractivity contribution in [3.63, 3.8) is 0 Å². The van der Waals surface area contributed by atoms with Gasteiger partial charge in [0.1, 0.15) is 18.7 Å². The molecule has 0 saturated carbocycles. The summed E-state index contributed by atoms with van der Waals surface area (Å²) < 4.78 is 1.43. The lowest BCUT2D eigenvalue weighted by Gasteiger charge is -2.07. The van der Waals surface area contributed by atoms with Crippen molar-refractivity contribution in [1.29, 1.82) is 10.5 Å². The number of nitrogens with zero attached hydrogens (tertiary/aromatic N) is 4. The Morgan fingerprint density at radius 2 is 2.11 bits per heavy atom. The van der Waals surface area contributed by atoms with Crippen LogP contribution in [0.3, 0.4) is 0 Å². The van der Waals surface area contributed by atoms with E-state index in [9.17, 15) is 4.79 Å². The van der Waals surface area contributed by atoms with E-state index in [1.54, 1.807) is 30.5 Å². The Labute approximate surface area is 109 Å². The first-order valence-electron chi connectivity index (χ1n) is 5.45. The molecule has 92 valence electrons. The molecule has 6 nitrogen and oxygen atoms in total. The molecule has 0 atom stereocenters.